The number of halogens is 1. The molecule has 2 heterocycles. The monoisotopic (exact) mass is 483 g/mol. The third kappa shape index (κ3) is 4.07. The zero-order chi connectivity index (χ0) is 22.1. The number of amides is 1. The summed E-state index contributed by atoms with van der Waals surface area (Å²) in [6.07, 6.45) is 0. The predicted molar refractivity (Wildman–Crippen MR) is 119 cm³/mol. The van der Waals surface area contributed by atoms with Crippen LogP contribution in [0.15, 0.2) is 46.9 Å². The number of ketones is 1. The Morgan fingerprint density at radius 1 is 1.10 bits per heavy atom. The van der Waals surface area contributed by atoms with Crippen molar-refractivity contribution in [3.05, 3.63) is 69.5 Å². The predicted octanol–water partition coefficient (Wildman–Crippen LogP) is 4.08. The number of carbonyl (C=O) groups is 2. The molecule has 1 amide bonds. The van der Waals surface area contributed by atoms with Crippen LogP contribution < -0.4 is 14.8 Å². The number of nitrogens with zero attached hydrogens (tertiary/aromatic N) is 2. The van der Waals surface area contributed by atoms with Gasteiger partial charge in [0.1, 0.15) is 13.2 Å². The van der Waals surface area contributed by atoms with E-state index in [0.29, 0.717) is 41.7 Å². The molecule has 1 aromatic heterocycles. The first kappa shape index (κ1) is 21.1. The number of benzene rings is 2. The van der Waals surface area contributed by atoms with Crippen LogP contribution in [0.2, 0.25) is 0 Å². The maximum absolute atomic E-state index is 13.0. The number of aryl methyl sites for hydroxylation is 1. The molecule has 1 N–H and O–H groups in total. The number of para-hydroxylation sites is 1. The molecule has 160 valence electrons. The number of fused-ring (bicyclic) bond motifs is 1. The number of carbonyl (C=O) groups excluding carboxylic acids is 2. The minimum atomic E-state index is -0.687. The van der Waals surface area contributed by atoms with Gasteiger partial charge in [-0.05, 0) is 50.6 Å². The Balaban J connectivity index is 1.56. The van der Waals surface area contributed by atoms with Gasteiger partial charge in [0.15, 0.2) is 11.5 Å². The molecule has 0 spiro atoms. The maximum Gasteiger partial charge on any atom is 0.293 e. The van der Waals surface area contributed by atoms with E-state index in [4.69, 9.17) is 9.47 Å². The summed E-state index contributed by atoms with van der Waals surface area (Å²) < 4.78 is 13.6. The van der Waals surface area contributed by atoms with Crippen molar-refractivity contribution in [1.82, 2.24) is 15.1 Å². The van der Waals surface area contributed by atoms with E-state index < -0.39 is 17.7 Å². The Morgan fingerprint density at radius 3 is 2.42 bits per heavy atom. The second-order valence-electron chi connectivity index (χ2n) is 7.33. The molecule has 0 fully saturated rings. The van der Waals surface area contributed by atoms with Crippen molar-refractivity contribution in [2.24, 2.45) is 0 Å². The van der Waals surface area contributed by atoms with Gasteiger partial charge in [-0.2, -0.15) is 5.10 Å². The number of ether oxygens (including phenoxy) is 2. The lowest BCUT2D eigenvalue weighted by Gasteiger charge is -2.22. The summed E-state index contributed by atoms with van der Waals surface area (Å²) in [5.74, 6) is -0.0328. The molecule has 31 heavy (non-hydrogen) atoms. The second kappa shape index (κ2) is 8.55. The smallest absolute Gasteiger partial charge is 0.293 e. The second-order valence-corrected chi connectivity index (χ2v) is 8.19. The SMILES string of the molecule is Cc1nn(-c2ccccc2)c(C)c1C(=O)C(=O)NC(C)c1cc2c(cc1Br)OCCO2. The molecule has 2 aromatic carbocycles. The fourth-order valence-corrected chi connectivity index (χ4v) is 4.32. The van der Waals surface area contributed by atoms with Crippen molar-refractivity contribution in [2.45, 2.75) is 26.8 Å². The number of Topliss-reactive ketones (excluding diaryl/α,β-unsaturated/α-hetero) is 1. The van der Waals surface area contributed by atoms with Crippen molar-refractivity contribution < 1.29 is 19.1 Å². The molecule has 0 saturated heterocycles. The number of aromatic nitrogens is 2. The number of nitrogens with one attached hydrogen (secondary N) is 1. The summed E-state index contributed by atoms with van der Waals surface area (Å²) in [7, 11) is 0. The third-order valence-electron chi connectivity index (χ3n) is 5.20. The molecular formula is C23H22BrN3O4. The molecular weight excluding hydrogens is 462 g/mol. The number of hydrogen-bond donors (Lipinski definition) is 1. The van der Waals surface area contributed by atoms with Gasteiger partial charge in [0, 0.05) is 4.47 Å². The molecule has 0 saturated carbocycles. The zero-order valence-electron chi connectivity index (χ0n) is 17.4. The van der Waals surface area contributed by atoms with Crippen LogP contribution in [0.5, 0.6) is 11.5 Å². The van der Waals surface area contributed by atoms with Gasteiger partial charge in [-0.25, -0.2) is 4.68 Å². The summed E-state index contributed by atoms with van der Waals surface area (Å²) in [6.45, 7) is 6.29. The highest BCUT2D eigenvalue weighted by Crippen LogP contribution is 2.37. The molecule has 1 atom stereocenters. The molecule has 3 aromatic rings. The molecule has 1 aliphatic heterocycles. The van der Waals surface area contributed by atoms with Gasteiger partial charge >= 0.3 is 0 Å². The summed E-state index contributed by atoms with van der Waals surface area (Å²) in [5.41, 5.74) is 3.07. The molecule has 0 bridgehead atoms. The van der Waals surface area contributed by atoms with Crippen LogP contribution in [0, 0.1) is 13.8 Å². The van der Waals surface area contributed by atoms with Gasteiger partial charge in [0.05, 0.1) is 28.7 Å². The molecule has 1 unspecified atom stereocenters. The lowest BCUT2D eigenvalue weighted by atomic mass is 10.1. The van der Waals surface area contributed by atoms with E-state index in [9.17, 15) is 9.59 Å². The van der Waals surface area contributed by atoms with E-state index in [2.05, 4.69) is 26.3 Å². The van der Waals surface area contributed by atoms with E-state index in [1.807, 2.05) is 49.4 Å². The van der Waals surface area contributed by atoms with Gasteiger partial charge < -0.3 is 14.8 Å². The maximum atomic E-state index is 13.0. The molecule has 8 heteroatoms. The van der Waals surface area contributed by atoms with E-state index in [0.717, 1.165) is 15.7 Å². The standard InChI is InChI=1S/C23H22BrN3O4/c1-13(17-11-19-20(12-18(17)24)31-10-9-30-19)25-23(29)22(28)21-14(2)26-27(15(21)3)16-7-5-4-6-8-16/h4-8,11-13H,9-10H2,1-3H3,(H,25,29). The molecule has 7 nitrogen and oxygen atoms in total. The first-order chi connectivity index (χ1) is 14.9. The normalized spacial score (nSPS) is 13.5. The lowest BCUT2D eigenvalue weighted by molar-refractivity contribution is -0.117. The molecule has 1 aliphatic rings. The highest BCUT2D eigenvalue weighted by Gasteiger charge is 2.27. The van der Waals surface area contributed by atoms with Gasteiger partial charge in [-0.3, -0.25) is 9.59 Å². The van der Waals surface area contributed by atoms with Gasteiger partial charge in [0.2, 0.25) is 0 Å². The largest absolute Gasteiger partial charge is 0.486 e. The topological polar surface area (TPSA) is 82.5 Å². The van der Waals surface area contributed by atoms with E-state index >= 15 is 0 Å². The quantitative estimate of drug-likeness (QED) is 0.436. The summed E-state index contributed by atoms with van der Waals surface area (Å²) in [4.78, 5) is 25.8. The minimum absolute atomic E-state index is 0.315. The third-order valence-corrected chi connectivity index (χ3v) is 5.89. The Labute approximate surface area is 188 Å². The van der Waals surface area contributed by atoms with Crippen LogP contribution >= 0.6 is 15.9 Å². The zero-order valence-corrected chi connectivity index (χ0v) is 19.0. The average Bonchev–Trinajstić information content (AvgIpc) is 3.07. The van der Waals surface area contributed by atoms with Crippen LogP contribution in [0.1, 0.15) is 40.3 Å². The fourth-order valence-electron chi connectivity index (χ4n) is 3.66. The van der Waals surface area contributed by atoms with E-state index in [1.54, 1.807) is 18.5 Å². The number of rotatable bonds is 5. The molecule has 0 aliphatic carbocycles. The van der Waals surface area contributed by atoms with Crippen LogP contribution in [0.3, 0.4) is 0 Å². The fraction of sp³-hybridized carbons (Fsp3) is 0.261. The van der Waals surface area contributed by atoms with Gasteiger partial charge in [-0.15, -0.1) is 0 Å². The van der Waals surface area contributed by atoms with Gasteiger partial charge in [0.25, 0.3) is 11.7 Å². The number of hydrogen-bond acceptors (Lipinski definition) is 5. The molecule has 4 rings (SSSR count). The average molecular weight is 484 g/mol. The first-order valence-electron chi connectivity index (χ1n) is 9.92. The van der Waals surface area contributed by atoms with Crippen LogP contribution in [0.25, 0.3) is 5.69 Å². The van der Waals surface area contributed by atoms with Crippen LogP contribution in [-0.2, 0) is 4.79 Å². The van der Waals surface area contributed by atoms with Crippen molar-refractivity contribution in [2.75, 3.05) is 13.2 Å². The van der Waals surface area contributed by atoms with E-state index in [1.165, 1.54) is 0 Å². The van der Waals surface area contributed by atoms with E-state index in [-0.39, 0.29) is 0 Å². The van der Waals surface area contributed by atoms with Crippen LogP contribution in [-0.4, -0.2) is 34.7 Å². The minimum Gasteiger partial charge on any atom is -0.486 e. The van der Waals surface area contributed by atoms with Crippen molar-refractivity contribution in [3.8, 4) is 17.2 Å². The van der Waals surface area contributed by atoms with Crippen molar-refractivity contribution in [1.29, 1.82) is 0 Å². The first-order valence-corrected chi connectivity index (χ1v) is 10.7. The van der Waals surface area contributed by atoms with Crippen LogP contribution in [0.4, 0.5) is 0 Å². The highest BCUT2D eigenvalue weighted by atomic mass is 79.9. The summed E-state index contributed by atoms with van der Waals surface area (Å²) in [5, 5.41) is 7.26. The summed E-state index contributed by atoms with van der Waals surface area (Å²) in [6, 6.07) is 12.7. The van der Waals surface area contributed by atoms with Crippen molar-refractivity contribution in [3.63, 3.8) is 0 Å². The highest BCUT2D eigenvalue weighted by molar-refractivity contribution is 9.10. The Kier molecular flexibility index (Phi) is 5.82. The molecule has 0 radical (unpaired) electrons. The Hall–Kier alpha value is -3.13. The van der Waals surface area contributed by atoms with Crippen molar-refractivity contribution >= 4 is 27.6 Å². The lowest BCUT2D eigenvalue weighted by Crippen LogP contribution is -2.34. The Morgan fingerprint density at radius 2 is 1.74 bits per heavy atom. The van der Waals surface area contributed by atoms with Gasteiger partial charge in [-0.1, -0.05) is 34.1 Å². The summed E-state index contributed by atoms with van der Waals surface area (Å²) >= 11 is 3.52. The Bertz CT molecular complexity index is 1160.